The Bertz CT molecular complexity index is 1090. The molecule has 2 heterocycles. The highest BCUT2D eigenvalue weighted by molar-refractivity contribution is 5.77. The Hall–Kier alpha value is -3.11. The number of aliphatic hydroxyl groups is 2. The molecule has 0 spiro atoms. The van der Waals surface area contributed by atoms with Crippen LogP contribution in [0, 0.1) is 11.6 Å². The first kappa shape index (κ1) is 20.6. The van der Waals surface area contributed by atoms with Crippen molar-refractivity contribution in [2.45, 2.75) is 32.6 Å². The highest BCUT2D eigenvalue weighted by Crippen LogP contribution is 2.25. The SMILES string of the molecule is CC(O)CNc1ncc2cc(Oc3ccc(F)cc3F)c(=O)n(CC(C)O)c2n1. The fraction of sp³-hybridized carbons (Fsp3) is 0.316. The fourth-order valence-electron chi connectivity index (χ4n) is 2.64. The van der Waals surface area contributed by atoms with Crippen LogP contribution in [0.1, 0.15) is 13.8 Å². The molecule has 0 saturated carbocycles. The average Bonchev–Trinajstić information content (AvgIpc) is 2.65. The van der Waals surface area contributed by atoms with Gasteiger partial charge >= 0.3 is 0 Å². The van der Waals surface area contributed by atoms with Crippen LogP contribution >= 0.6 is 0 Å². The Kier molecular flexibility index (Phi) is 6.04. The van der Waals surface area contributed by atoms with Gasteiger partial charge in [0.05, 0.1) is 18.8 Å². The van der Waals surface area contributed by atoms with Crippen molar-refractivity contribution in [3.8, 4) is 11.5 Å². The maximum Gasteiger partial charge on any atom is 0.295 e. The van der Waals surface area contributed by atoms with Crippen LogP contribution in [0.2, 0.25) is 0 Å². The molecule has 1 aromatic carbocycles. The van der Waals surface area contributed by atoms with Crippen molar-refractivity contribution in [2.24, 2.45) is 0 Å². The van der Waals surface area contributed by atoms with E-state index < -0.39 is 29.4 Å². The molecule has 0 fully saturated rings. The van der Waals surface area contributed by atoms with Crippen molar-refractivity contribution < 1.29 is 23.7 Å². The molecule has 2 unspecified atom stereocenters. The van der Waals surface area contributed by atoms with E-state index in [0.717, 1.165) is 12.1 Å². The lowest BCUT2D eigenvalue weighted by atomic mass is 10.3. The van der Waals surface area contributed by atoms with Gasteiger partial charge in [0.2, 0.25) is 5.95 Å². The summed E-state index contributed by atoms with van der Waals surface area (Å²) in [6.45, 7) is 3.21. The molecule has 0 amide bonds. The van der Waals surface area contributed by atoms with Gasteiger partial charge in [0.25, 0.3) is 5.56 Å². The minimum atomic E-state index is -0.958. The number of halogens is 2. The molecule has 29 heavy (non-hydrogen) atoms. The zero-order valence-corrected chi connectivity index (χ0v) is 15.8. The summed E-state index contributed by atoms with van der Waals surface area (Å²) < 4.78 is 33.6. The molecule has 2 aromatic heterocycles. The summed E-state index contributed by atoms with van der Waals surface area (Å²) in [6.07, 6.45) is -0.0775. The Morgan fingerprint density at radius 3 is 2.59 bits per heavy atom. The first-order valence-electron chi connectivity index (χ1n) is 8.88. The van der Waals surface area contributed by atoms with Crippen molar-refractivity contribution in [2.75, 3.05) is 11.9 Å². The van der Waals surface area contributed by atoms with Gasteiger partial charge in [-0.25, -0.2) is 13.8 Å². The van der Waals surface area contributed by atoms with Crippen LogP contribution in [0.25, 0.3) is 11.0 Å². The van der Waals surface area contributed by atoms with Gasteiger partial charge in [0.15, 0.2) is 17.3 Å². The molecule has 0 radical (unpaired) electrons. The van der Waals surface area contributed by atoms with Gasteiger partial charge in [0, 0.05) is 24.2 Å². The molecule has 0 aliphatic heterocycles. The maximum atomic E-state index is 13.9. The molecule has 3 aromatic rings. The maximum absolute atomic E-state index is 13.9. The first-order chi connectivity index (χ1) is 13.7. The summed E-state index contributed by atoms with van der Waals surface area (Å²) in [5, 5.41) is 22.4. The molecule has 3 rings (SSSR count). The summed E-state index contributed by atoms with van der Waals surface area (Å²) >= 11 is 0. The number of hydrogen-bond acceptors (Lipinski definition) is 7. The van der Waals surface area contributed by atoms with E-state index in [1.807, 2.05) is 0 Å². The minimum Gasteiger partial charge on any atom is -0.448 e. The predicted octanol–water partition coefficient (Wildman–Crippen LogP) is 2.04. The van der Waals surface area contributed by atoms with Gasteiger partial charge < -0.3 is 20.3 Å². The van der Waals surface area contributed by atoms with Crippen molar-refractivity contribution >= 4 is 17.0 Å². The molecule has 0 saturated heterocycles. The summed E-state index contributed by atoms with van der Waals surface area (Å²) in [4.78, 5) is 21.3. The Morgan fingerprint density at radius 1 is 1.17 bits per heavy atom. The third kappa shape index (κ3) is 4.84. The topological polar surface area (TPSA) is 110 Å². The number of pyridine rings is 1. The highest BCUT2D eigenvalue weighted by Gasteiger charge is 2.16. The number of fused-ring (bicyclic) bond motifs is 1. The normalized spacial score (nSPS) is 13.3. The Labute approximate surface area is 164 Å². The number of hydrogen-bond donors (Lipinski definition) is 3. The van der Waals surface area contributed by atoms with Gasteiger partial charge in [-0.2, -0.15) is 4.98 Å². The second-order valence-electron chi connectivity index (χ2n) is 6.65. The molecule has 154 valence electrons. The molecular formula is C19H20F2N4O4. The smallest absolute Gasteiger partial charge is 0.295 e. The second-order valence-corrected chi connectivity index (χ2v) is 6.65. The van der Waals surface area contributed by atoms with Crippen LogP contribution in [0.3, 0.4) is 0 Å². The first-order valence-corrected chi connectivity index (χ1v) is 8.88. The average molecular weight is 406 g/mol. The second kappa shape index (κ2) is 8.50. The number of anilines is 1. The van der Waals surface area contributed by atoms with E-state index in [2.05, 4.69) is 15.3 Å². The summed E-state index contributed by atoms with van der Waals surface area (Å²) in [7, 11) is 0. The van der Waals surface area contributed by atoms with E-state index in [0.29, 0.717) is 11.5 Å². The van der Waals surface area contributed by atoms with Crippen LogP contribution in [0.15, 0.2) is 35.3 Å². The number of aliphatic hydroxyl groups excluding tert-OH is 2. The van der Waals surface area contributed by atoms with Crippen LogP contribution < -0.4 is 15.6 Å². The lowest BCUT2D eigenvalue weighted by molar-refractivity contribution is 0.173. The molecule has 0 bridgehead atoms. The number of rotatable bonds is 7. The van der Waals surface area contributed by atoms with E-state index in [4.69, 9.17) is 4.74 Å². The van der Waals surface area contributed by atoms with E-state index in [1.54, 1.807) is 6.92 Å². The van der Waals surface area contributed by atoms with E-state index in [1.165, 1.54) is 23.8 Å². The molecule has 10 heteroatoms. The van der Waals surface area contributed by atoms with Crippen LogP contribution in [-0.2, 0) is 6.54 Å². The van der Waals surface area contributed by atoms with Gasteiger partial charge in [0.1, 0.15) is 11.5 Å². The number of aromatic nitrogens is 3. The molecule has 0 aliphatic carbocycles. The van der Waals surface area contributed by atoms with Crippen LogP contribution in [-0.4, -0.2) is 43.5 Å². The van der Waals surface area contributed by atoms with Gasteiger partial charge in [-0.05, 0) is 32.0 Å². The van der Waals surface area contributed by atoms with E-state index in [9.17, 15) is 23.8 Å². The summed E-state index contributed by atoms with van der Waals surface area (Å²) in [5.41, 5.74) is -0.423. The molecule has 0 aliphatic rings. The van der Waals surface area contributed by atoms with Gasteiger partial charge in [-0.1, -0.05) is 0 Å². The van der Waals surface area contributed by atoms with Crippen LogP contribution in [0.5, 0.6) is 11.5 Å². The minimum absolute atomic E-state index is 0.0920. The number of ether oxygens (including phenoxy) is 1. The Morgan fingerprint density at radius 2 is 1.93 bits per heavy atom. The molecule has 2 atom stereocenters. The highest BCUT2D eigenvalue weighted by atomic mass is 19.1. The van der Waals surface area contributed by atoms with Crippen molar-refractivity contribution in [1.29, 1.82) is 0 Å². The number of benzene rings is 1. The largest absolute Gasteiger partial charge is 0.448 e. The monoisotopic (exact) mass is 406 g/mol. The third-order valence-corrected chi connectivity index (χ3v) is 3.91. The lowest BCUT2D eigenvalue weighted by Crippen LogP contribution is -2.27. The van der Waals surface area contributed by atoms with Crippen molar-refractivity contribution in [1.82, 2.24) is 14.5 Å². The zero-order valence-electron chi connectivity index (χ0n) is 15.8. The summed E-state index contributed by atoms with van der Waals surface area (Å²) in [6, 6.07) is 4.08. The molecular weight excluding hydrogens is 386 g/mol. The third-order valence-electron chi connectivity index (χ3n) is 3.91. The van der Waals surface area contributed by atoms with Crippen molar-refractivity contribution in [3.63, 3.8) is 0 Å². The fourth-order valence-corrected chi connectivity index (χ4v) is 2.64. The predicted molar refractivity (Wildman–Crippen MR) is 102 cm³/mol. The quantitative estimate of drug-likeness (QED) is 0.551. The molecule has 3 N–H and O–H groups in total. The Balaban J connectivity index is 2.08. The van der Waals surface area contributed by atoms with Gasteiger partial charge in [-0.3, -0.25) is 9.36 Å². The lowest BCUT2D eigenvalue weighted by Gasteiger charge is -2.15. The van der Waals surface area contributed by atoms with E-state index in [-0.39, 0.29) is 36.2 Å². The zero-order chi connectivity index (χ0) is 21.1. The number of nitrogens with one attached hydrogen (secondary N) is 1. The van der Waals surface area contributed by atoms with Gasteiger partial charge in [-0.15, -0.1) is 0 Å². The van der Waals surface area contributed by atoms with Crippen molar-refractivity contribution in [3.05, 3.63) is 52.5 Å². The summed E-state index contributed by atoms with van der Waals surface area (Å²) in [5.74, 6) is -2.08. The standard InChI is InChI=1S/C19H20F2N4O4/c1-10(26)7-22-19-23-8-12-5-16(29-15-4-3-13(20)6-14(15)21)18(28)25(9-11(2)27)17(12)24-19/h3-6,8,10-11,26-27H,7,9H2,1-2H3,(H,22,23,24). The van der Waals surface area contributed by atoms with E-state index >= 15 is 0 Å². The molecule has 8 nitrogen and oxygen atoms in total. The number of nitrogens with zero attached hydrogens (tertiary/aromatic N) is 3. The van der Waals surface area contributed by atoms with Crippen LogP contribution in [0.4, 0.5) is 14.7 Å².